The molecule has 1 saturated carbocycles. The van der Waals surface area contributed by atoms with Gasteiger partial charge in [0.25, 0.3) is 0 Å². The molecule has 6 heteroatoms. The summed E-state index contributed by atoms with van der Waals surface area (Å²) in [5.41, 5.74) is 6.77. The number of thiophene rings is 1. The van der Waals surface area contributed by atoms with Crippen molar-refractivity contribution in [1.82, 2.24) is 0 Å². The van der Waals surface area contributed by atoms with Gasteiger partial charge in [-0.3, -0.25) is 0 Å². The predicted molar refractivity (Wildman–Crippen MR) is 68.2 cm³/mol. The third-order valence-electron chi connectivity index (χ3n) is 3.18. The summed E-state index contributed by atoms with van der Waals surface area (Å²) >= 11 is 13.1. The number of alkyl halides is 2. The monoisotopic (exact) mass is 299 g/mol. The zero-order valence-corrected chi connectivity index (χ0v) is 11.4. The first-order valence-corrected chi connectivity index (χ1v) is 7.03. The summed E-state index contributed by atoms with van der Waals surface area (Å²) in [6, 6.07) is 1.43. The lowest BCUT2D eigenvalue weighted by Gasteiger charge is -2.16. The van der Waals surface area contributed by atoms with Crippen LogP contribution < -0.4 is 5.73 Å². The van der Waals surface area contributed by atoms with E-state index in [0.717, 1.165) is 5.56 Å². The van der Waals surface area contributed by atoms with Crippen molar-refractivity contribution in [1.29, 1.82) is 0 Å². The van der Waals surface area contributed by atoms with Crippen molar-refractivity contribution < 1.29 is 8.78 Å². The van der Waals surface area contributed by atoms with Crippen LogP contribution in [0.1, 0.15) is 37.3 Å². The fourth-order valence-electron chi connectivity index (χ4n) is 2.33. The molecule has 1 fully saturated rings. The second kappa shape index (κ2) is 5.00. The second-order valence-corrected chi connectivity index (χ2v) is 6.87. The van der Waals surface area contributed by atoms with E-state index in [4.69, 9.17) is 28.9 Å². The summed E-state index contributed by atoms with van der Waals surface area (Å²) in [7, 11) is 0. The molecule has 1 aliphatic carbocycles. The van der Waals surface area contributed by atoms with Gasteiger partial charge in [-0.05, 0) is 30.4 Å². The molecule has 0 radical (unpaired) electrons. The van der Waals surface area contributed by atoms with Gasteiger partial charge >= 0.3 is 0 Å². The maximum absolute atomic E-state index is 13.0. The van der Waals surface area contributed by atoms with Crippen LogP contribution in [0.2, 0.25) is 8.67 Å². The van der Waals surface area contributed by atoms with Crippen LogP contribution >= 0.6 is 34.5 Å². The zero-order valence-electron chi connectivity index (χ0n) is 9.06. The van der Waals surface area contributed by atoms with Crippen LogP contribution in [0.3, 0.4) is 0 Å². The van der Waals surface area contributed by atoms with E-state index in [1.54, 1.807) is 6.07 Å². The van der Waals surface area contributed by atoms with Crippen LogP contribution in [0.5, 0.6) is 0 Å². The molecular formula is C11H13Cl2F2NS. The first-order valence-electron chi connectivity index (χ1n) is 5.45. The quantitative estimate of drug-likeness (QED) is 0.846. The van der Waals surface area contributed by atoms with Crippen LogP contribution in [-0.4, -0.2) is 5.92 Å². The van der Waals surface area contributed by atoms with Crippen molar-refractivity contribution in [3.05, 3.63) is 20.3 Å². The Labute approximate surface area is 113 Å². The van der Waals surface area contributed by atoms with E-state index >= 15 is 0 Å². The van der Waals surface area contributed by atoms with Gasteiger partial charge in [0.15, 0.2) is 0 Å². The van der Waals surface area contributed by atoms with Crippen molar-refractivity contribution >= 4 is 34.5 Å². The van der Waals surface area contributed by atoms with Crippen LogP contribution in [0, 0.1) is 5.92 Å². The molecule has 2 N–H and O–H groups in total. The molecule has 2 atom stereocenters. The average molecular weight is 300 g/mol. The largest absolute Gasteiger partial charge is 0.324 e. The van der Waals surface area contributed by atoms with Gasteiger partial charge in [-0.1, -0.05) is 23.2 Å². The molecule has 0 amide bonds. The molecule has 1 aromatic rings. The summed E-state index contributed by atoms with van der Waals surface area (Å²) in [6.07, 6.45) is 0.997. The molecule has 1 aromatic heterocycles. The van der Waals surface area contributed by atoms with Crippen LogP contribution in [0.15, 0.2) is 6.07 Å². The van der Waals surface area contributed by atoms with Crippen LogP contribution in [0.25, 0.3) is 0 Å². The van der Waals surface area contributed by atoms with Gasteiger partial charge in [0.05, 0.1) is 8.67 Å². The Bertz CT molecular complexity index is 408. The van der Waals surface area contributed by atoms with E-state index in [-0.39, 0.29) is 24.8 Å². The topological polar surface area (TPSA) is 26.0 Å². The number of rotatable bonds is 3. The highest BCUT2D eigenvalue weighted by molar-refractivity contribution is 7.20. The van der Waals surface area contributed by atoms with Crippen molar-refractivity contribution in [2.24, 2.45) is 11.7 Å². The first-order chi connectivity index (χ1) is 7.87. The highest BCUT2D eigenvalue weighted by atomic mass is 35.5. The molecular weight excluding hydrogens is 287 g/mol. The third kappa shape index (κ3) is 3.31. The minimum Gasteiger partial charge on any atom is -0.324 e. The van der Waals surface area contributed by atoms with E-state index < -0.39 is 5.92 Å². The van der Waals surface area contributed by atoms with E-state index in [1.807, 2.05) is 0 Å². The Morgan fingerprint density at radius 3 is 2.71 bits per heavy atom. The van der Waals surface area contributed by atoms with E-state index in [2.05, 4.69) is 0 Å². The number of nitrogens with two attached hydrogens (primary N) is 1. The SMILES string of the molecule is NC(CC1CCC(F)(F)C1)c1cc(Cl)sc1Cl. The van der Waals surface area contributed by atoms with Gasteiger partial charge in [-0.25, -0.2) is 8.78 Å². The molecule has 0 saturated heterocycles. The van der Waals surface area contributed by atoms with Gasteiger partial charge in [-0.15, -0.1) is 11.3 Å². The summed E-state index contributed by atoms with van der Waals surface area (Å²) in [5, 5.41) is 0. The summed E-state index contributed by atoms with van der Waals surface area (Å²) in [6.45, 7) is 0. The van der Waals surface area contributed by atoms with E-state index in [0.29, 0.717) is 21.5 Å². The van der Waals surface area contributed by atoms with Gasteiger partial charge in [0.2, 0.25) is 5.92 Å². The smallest absolute Gasteiger partial charge is 0.248 e. The summed E-state index contributed by atoms with van der Waals surface area (Å²) in [5.74, 6) is -2.53. The lowest BCUT2D eigenvalue weighted by molar-refractivity contribution is 0.00447. The predicted octanol–water partition coefficient (Wildman–Crippen LogP) is 4.88. The normalized spacial score (nSPS) is 25.1. The standard InChI is InChI=1S/C11H13Cl2F2NS/c12-9-4-7(10(13)17-9)8(16)3-6-1-2-11(14,15)5-6/h4,6,8H,1-3,5,16H2. The van der Waals surface area contributed by atoms with Crippen LogP contribution in [-0.2, 0) is 0 Å². The molecule has 17 heavy (non-hydrogen) atoms. The molecule has 96 valence electrons. The first kappa shape index (κ1) is 13.5. The number of halogens is 4. The lowest BCUT2D eigenvalue weighted by Crippen LogP contribution is -2.16. The van der Waals surface area contributed by atoms with Crippen molar-refractivity contribution in [3.63, 3.8) is 0 Å². The van der Waals surface area contributed by atoms with Gasteiger partial charge in [0, 0.05) is 18.9 Å². The van der Waals surface area contributed by atoms with Crippen molar-refractivity contribution in [2.45, 2.75) is 37.6 Å². The van der Waals surface area contributed by atoms with Crippen molar-refractivity contribution in [3.8, 4) is 0 Å². The molecule has 0 spiro atoms. The molecule has 1 nitrogen and oxygen atoms in total. The lowest BCUT2D eigenvalue weighted by atomic mass is 9.95. The molecule has 2 rings (SSSR count). The molecule has 0 bridgehead atoms. The summed E-state index contributed by atoms with van der Waals surface area (Å²) in [4.78, 5) is 0. The van der Waals surface area contributed by atoms with Gasteiger partial charge < -0.3 is 5.73 Å². The fraction of sp³-hybridized carbons (Fsp3) is 0.636. The highest BCUT2D eigenvalue weighted by Gasteiger charge is 2.39. The van der Waals surface area contributed by atoms with Crippen LogP contribution in [0.4, 0.5) is 8.78 Å². The Balaban J connectivity index is 1.98. The maximum Gasteiger partial charge on any atom is 0.248 e. The molecule has 1 aliphatic rings. The molecule has 0 aromatic carbocycles. The molecule has 2 unspecified atom stereocenters. The second-order valence-electron chi connectivity index (χ2n) is 4.59. The number of hydrogen-bond donors (Lipinski definition) is 1. The molecule has 0 aliphatic heterocycles. The minimum atomic E-state index is -2.51. The van der Waals surface area contributed by atoms with E-state index in [9.17, 15) is 8.78 Å². The Kier molecular flexibility index (Phi) is 3.98. The minimum absolute atomic E-state index is 0.0188. The average Bonchev–Trinajstić information content (AvgIpc) is 2.69. The maximum atomic E-state index is 13.0. The Morgan fingerprint density at radius 2 is 2.24 bits per heavy atom. The van der Waals surface area contributed by atoms with E-state index in [1.165, 1.54) is 11.3 Å². The third-order valence-corrected chi connectivity index (χ3v) is 4.69. The molecule has 1 heterocycles. The highest BCUT2D eigenvalue weighted by Crippen LogP contribution is 2.43. The van der Waals surface area contributed by atoms with Gasteiger partial charge in [-0.2, -0.15) is 0 Å². The zero-order chi connectivity index (χ0) is 12.6. The fourth-order valence-corrected chi connectivity index (χ4v) is 3.93. The van der Waals surface area contributed by atoms with Crippen molar-refractivity contribution in [2.75, 3.05) is 0 Å². The Hall–Kier alpha value is 0.1000. The van der Waals surface area contributed by atoms with Gasteiger partial charge in [0.1, 0.15) is 0 Å². The Morgan fingerprint density at radius 1 is 1.53 bits per heavy atom. The summed E-state index contributed by atoms with van der Waals surface area (Å²) < 4.78 is 27.2. The number of hydrogen-bond acceptors (Lipinski definition) is 2.